The second kappa shape index (κ2) is 4.97. The van der Waals surface area contributed by atoms with E-state index < -0.39 is 0 Å². The van der Waals surface area contributed by atoms with Crippen molar-refractivity contribution in [1.82, 2.24) is 5.32 Å². The lowest BCUT2D eigenvalue weighted by Gasteiger charge is -2.34. The van der Waals surface area contributed by atoms with Gasteiger partial charge >= 0.3 is 0 Å². The van der Waals surface area contributed by atoms with Crippen LogP contribution in [-0.4, -0.2) is 24.3 Å². The molecule has 1 fully saturated rings. The fourth-order valence-corrected chi connectivity index (χ4v) is 2.06. The highest BCUT2D eigenvalue weighted by molar-refractivity contribution is 4.80. The SMILES string of the molecule is CC[C@H](C)NC1C[C@H](C)O[C@@H](C)C1. The minimum absolute atomic E-state index is 0.422. The number of hydrogen-bond acceptors (Lipinski definition) is 2. The monoisotopic (exact) mass is 185 g/mol. The van der Waals surface area contributed by atoms with Crippen molar-refractivity contribution >= 4 is 0 Å². The molecule has 0 radical (unpaired) electrons. The van der Waals surface area contributed by atoms with Crippen LogP contribution in [0.1, 0.15) is 47.0 Å². The van der Waals surface area contributed by atoms with Gasteiger partial charge in [-0.3, -0.25) is 0 Å². The number of rotatable bonds is 3. The lowest BCUT2D eigenvalue weighted by molar-refractivity contribution is -0.0433. The molecule has 78 valence electrons. The Kier molecular flexibility index (Phi) is 4.20. The zero-order chi connectivity index (χ0) is 9.84. The summed E-state index contributed by atoms with van der Waals surface area (Å²) in [5.41, 5.74) is 0. The average Bonchev–Trinajstić information content (AvgIpc) is 2.02. The second-order valence-electron chi connectivity index (χ2n) is 4.40. The van der Waals surface area contributed by atoms with Crippen molar-refractivity contribution in [3.8, 4) is 0 Å². The van der Waals surface area contributed by atoms with E-state index in [1.165, 1.54) is 6.42 Å². The Balaban J connectivity index is 2.32. The molecule has 1 rings (SSSR count). The predicted octanol–water partition coefficient (Wildman–Crippen LogP) is 2.33. The minimum Gasteiger partial charge on any atom is -0.375 e. The first-order chi connectivity index (χ1) is 6.11. The lowest BCUT2D eigenvalue weighted by Crippen LogP contribution is -2.44. The van der Waals surface area contributed by atoms with Crippen LogP contribution in [0, 0.1) is 0 Å². The molecule has 0 amide bonds. The third-order valence-corrected chi connectivity index (χ3v) is 2.83. The van der Waals surface area contributed by atoms with Crippen LogP contribution in [0.25, 0.3) is 0 Å². The van der Waals surface area contributed by atoms with Crippen LogP contribution in [0.5, 0.6) is 0 Å². The first-order valence-corrected chi connectivity index (χ1v) is 5.53. The normalized spacial score (nSPS) is 37.4. The van der Waals surface area contributed by atoms with Crippen molar-refractivity contribution in [2.24, 2.45) is 0 Å². The Morgan fingerprint density at radius 1 is 1.31 bits per heavy atom. The molecule has 13 heavy (non-hydrogen) atoms. The summed E-state index contributed by atoms with van der Waals surface area (Å²) >= 11 is 0. The summed E-state index contributed by atoms with van der Waals surface area (Å²) in [5.74, 6) is 0. The molecular weight excluding hydrogens is 162 g/mol. The molecule has 2 heteroatoms. The topological polar surface area (TPSA) is 21.3 Å². The molecule has 0 saturated carbocycles. The van der Waals surface area contributed by atoms with Crippen LogP contribution in [0.2, 0.25) is 0 Å². The van der Waals surface area contributed by atoms with E-state index in [1.807, 2.05) is 0 Å². The molecule has 0 aromatic heterocycles. The Morgan fingerprint density at radius 3 is 2.31 bits per heavy atom. The van der Waals surface area contributed by atoms with Crippen molar-refractivity contribution in [2.45, 2.75) is 71.2 Å². The highest BCUT2D eigenvalue weighted by atomic mass is 16.5. The third kappa shape index (κ3) is 3.65. The highest BCUT2D eigenvalue weighted by Crippen LogP contribution is 2.19. The van der Waals surface area contributed by atoms with Crippen molar-refractivity contribution in [2.75, 3.05) is 0 Å². The van der Waals surface area contributed by atoms with Crippen molar-refractivity contribution in [3.63, 3.8) is 0 Å². The first-order valence-electron chi connectivity index (χ1n) is 5.53. The summed E-state index contributed by atoms with van der Waals surface area (Å²) in [6.07, 6.45) is 4.37. The standard InChI is InChI=1S/C11H23NO/c1-5-8(2)12-11-6-9(3)13-10(4)7-11/h8-12H,5-7H2,1-4H3/t8-,9-,10-/m0/s1. The smallest absolute Gasteiger partial charge is 0.0565 e. The van der Waals surface area contributed by atoms with Crippen molar-refractivity contribution in [3.05, 3.63) is 0 Å². The molecule has 1 aliphatic rings. The van der Waals surface area contributed by atoms with Crippen molar-refractivity contribution in [1.29, 1.82) is 0 Å². The molecule has 0 bridgehead atoms. The van der Waals surface area contributed by atoms with Crippen LogP contribution >= 0.6 is 0 Å². The van der Waals surface area contributed by atoms with Crippen LogP contribution < -0.4 is 5.32 Å². The molecule has 1 aliphatic heterocycles. The van der Waals surface area contributed by atoms with Gasteiger partial charge < -0.3 is 10.1 Å². The first kappa shape index (κ1) is 11.0. The molecule has 0 unspecified atom stereocenters. The van der Waals surface area contributed by atoms with Crippen LogP contribution in [0.3, 0.4) is 0 Å². The van der Waals surface area contributed by atoms with Gasteiger partial charge in [-0.1, -0.05) is 6.92 Å². The summed E-state index contributed by atoms with van der Waals surface area (Å²) < 4.78 is 5.69. The van der Waals surface area contributed by atoms with E-state index in [-0.39, 0.29) is 0 Å². The molecule has 1 N–H and O–H groups in total. The second-order valence-corrected chi connectivity index (χ2v) is 4.40. The third-order valence-electron chi connectivity index (χ3n) is 2.83. The average molecular weight is 185 g/mol. The van der Waals surface area contributed by atoms with Gasteiger partial charge in [0.2, 0.25) is 0 Å². The molecule has 1 heterocycles. The quantitative estimate of drug-likeness (QED) is 0.728. The van der Waals surface area contributed by atoms with E-state index in [0.717, 1.165) is 12.8 Å². The Bertz CT molecular complexity index is 139. The zero-order valence-electron chi connectivity index (χ0n) is 9.34. The fourth-order valence-electron chi connectivity index (χ4n) is 2.06. The molecule has 3 atom stereocenters. The zero-order valence-corrected chi connectivity index (χ0v) is 9.34. The van der Waals surface area contributed by atoms with E-state index in [4.69, 9.17) is 4.74 Å². The predicted molar refractivity (Wildman–Crippen MR) is 55.9 cm³/mol. The maximum atomic E-state index is 5.69. The summed E-state index contributed by atoms with van der Waals surface area (Å²) in [7, 11) is 0. The number of nitrogens with one attached hydrogen (secondary N) is 1. The molecule has 0 aromatic carbocycles. The van der Waals surface area contributed by atoms with E-state index in [2.05, 4.69) is 33.0 Å². The summed E-state index contributed by atoms with van der Waals surface area (Å²) in [6.45, 7) is 8.82. The van der Waals surface area contributed by atoms with Gasteiger partial charge in [-0.25, -0.2) is 0 Å². The van der Waals surface area contributed by atoms with Crippen LogP contribution in [0.4, 0.5) is 0 Å². The van der Waals surface area contributed by atoms with E-state index in [9.17, 15) is 0 Å². The minimum atomic E-state index is 0.422. The maximum absolute atomic E-state index is 5.69. The molecule has 1 saturated heterocycles. The molecule has 0 aromatic rings. The lowest BCUT2D eigenvalue weighted by atomic mass is 9.99. The number of hydrogen-bond donors (Lipinski definition) is 1. The van der Waals surface area contributed by atoms with Gasteiger partial charge in [0.25, 0.3) is 0 Å². The molecular formula is C11H23NO. The number of ether oxygens (including phenoxy) is 1. The molecule has 0 spiro atoms. The summed E-state index contributed by atoms with van der Waals surface area (Å²) in [5, 5.41) is 3.65. The van der Waals surface area contributed by atoms with Crippen molar-refractivity contribution < 1.29 is 4.74 Å². The Labute approximate surface area is 82.0 Å². The Hall–Kier alpha value is -0.0800. The van der Waals surface area contributed by atoms with Gasteiger partial charge in [0.05, 0.1) is 12.2 Å². The largest absolute Gasteiger partial charge is 0.375 e. The van der Waals surface area contributed by atoms with Crippen LogP contribution in [0.15, 0.2) is 0 Å². The van der Waals surface area contributed by atoms with Gasteiger partial charge in [-0.05, 0) is 40.0 Å². The van der Waals surface area contributed by atoms with Gasteiger partial charge in [0, 0.05) is 12.1 Å². The van der Waals surface area contributed by atoms with Crippen LogP contribution in [-0.2, 0) is 4.74 Å². The van der Waals surface area contributed by atoms with E-state index in [0.29, 0.717) is 24.3 Å². The van der Waals surface area contributed by atoms with Gasteiger partial charge in [-0.15, -0.1) is 0 Å². The fraction of sp³-hybridized carbons (Fsp3) is 1.00. The summed E-state index contributed by atoms with van der Waals surface area (Å²) in [4.78, 5) is 0. The van der Waals surface area contributed by atoms with Gasteiger partial charge in [0.1, 0.15) is 0 Å². The highest BCUT2D eigenvalue weighted by Gasteiger charge is 2.24. The van der Waals surface area contributed by atoms with E-state index >= 15 is 0 Å². The van der Waals surface area contributed by atoms with Gasteiger partial charge in [-0.2, -0.15) is 0 Å². The maximum Gasteiger partial charge on any atom is 0.0565 e. The summed E-state index contributed by atoms with van der Waals surface area (Å²) in [6, 6.07) is 1.30. The molecule has 2 nitrogen and oxygen atoms in total. The molecule has 0 aliphatic carbocycles. The Morgan fingerprint density at radius 2 is 1.85 bits per heavy atom. The van der Waals surface area contributed by atoms with E-state index in [1.54, 1.807) is 0 Å². The van der Waals surface area contributed by atoms with Gasteiger partial charge in [0.15, 0.2) is 0 Å².